The van der Waals surface area contributed by atoms with Crippen molar-refractivity contribution in [2.45, 2.75) is 52.9 Å². The lowest BCUT2D eigenvalue weighted by atomic mass is 9.47. The molecule has 0 aliphatic heterocycles. The zero-order valence-corrected chi connectivity index (χ0v) is 10.7. The Hall–Kier alpha value is -0.530. The molecule has 92 valence electrons. The molecule has 0 aromatic rings. The maximum Gasteiger partial charge on any atom is 0.307 e. The second kappa shape index (κ2) is 4.05. The third-order valence-electron chi connectivity index (χ3n) is 5.60. The van der Waals surface area contributed by atoms with Crippen molar-refractivity contribution >= 4 is 5.97 Å². The van der Waals surface area contributed by atoms with Crippen molar-refractivity contribution in [1.29, 1.82) is 0 Å². The van der Waals surface area contributed by atoms with Gasteiger partial charge in [0.25, 0.3) is 0 Å². The topological polar surface area (TPSA) is 37.3 Å². The van der Waals surface area contributed by atoms with Gasteiger partial charge in [0.05, 0.1) is 5.92 Å². The van der Waals surface area contributed by atoms with Gasteiger partial charge in [-0.2, -0.15) is 0 Å². The van der Waals surface area contributed by atoms with Gasteiger partial charge in [0.2, 0.25) is 0 Å². The Morgan fingerprint density at radius 2 is 2.25 bits per heavy atom. The molecule has 16 heavy (non-hydrogen) atoms. The van der Waals surface area contributed by atoms with Gasteiger partial charge in [-0.05, 0) is 42.4 Å². The van der Waals surface area contributed by atoms with E-state index in [0.717, 1.165) is 12.8 Å². The minimum absolute atomic E-state index is 0.0519. The molecule has 2 rings (SSSR count). The van der Waals surface area contributed by atoms with E-state index >= 15 is 0 Å². The quantitative estimate of drug-likeness (QED) is 0.796. The number of carboxylic acids is 1. The van der Waals surface area contributed by atoms with Gasteiger partial charge in [-0.15, -0.1) is 0 Å². The van der Waals surface area contributed by atoms with Crippen molar-refractivity contribution in [1.82, 2.24) is 0 Å². The van der Waals surface area contributed by atoms with Crippen LogP contribution in [0, 0.1) is 29.1 Å². The normalized spacial score (nSPS) is 44.3. The highest BCUT2D eigenvalue weighted by atomic mass is 16.4. The summed E-state index contributed by atoms with van der Waals surface area (Å²) in [6.45, 7) is 6.80. The van der Waals surface area contributed by atoms with Crippen molar-refractivity contribution < 1.29 is 9.90 Å². The number of hydrogen-bond acceptors (Lipinski definition) is 1. The van der Waals surface area contributed by atoms with E-state index in [9.17, 15) is 9.90 Å². The molecule has 2 heteroatoms. The highest BCUT2D eigenvalue weighted by Gasteiger charge is 2.62. The molecule has 0 amide bonds. The van der Waals surface area contributed by atoms with E-state index in [0.29, 0.717) is 17.8 Å². The van der Waals surface area contributed by atoms with Crippen LogP contribution in [0.25, 0.3) is 0 Å². The lowest BCUT2D eigenvalue weighted by molar-refractivity contribution is -0.169. The van der Waals surface area contributed by atoms with E-state index in [1.54, 1.807) is 0 Å². The van der Waals surface area contributed by atoms with E-state index in [1.165, 1.54) is 19.3 Å². The standard InChI is InChI=1S/C14H24O2/c1-4-9(2)11-6-5-7-14(11)10(3)8-12(14)13(15)16/h9-12H,4-8H2,1-3H3,(H,15,16). The fourth-order valence-electron chi connectivity index (χ4n) is 4.53. The zero-order valence-electron chi connectivity index (χ0n) is 10.7. The summed E-state index contributed by atoms with van der Waals surface area (Å²) in [6, 6.07) is 0. The lowest BCUT2D eigenvalue weighted by Gasteiger charge is -2.56. The number of carboxylic acid groups (broad SMARTS) is 1. The molecule has 5 unspecified atom stereocenters. The molecule has 2 aliphatic rings. The first-order chi connectivity index (χ1) is 7.54. The molecule has 2 aliphatic carbocycles. The van der Waals surface area contributed by atoms with Crippen LogP contribution < -0.4 is 0 Å². The summed E-state index contributed by atoms with van der Waals surface area (Å²) in [7, 11) is 0. The van der Waals surface area contributed by atoms with Gasteiger partial charge < -0.3 is 5.11 Å². The SMILES string of the molecule is CCC(C)C1CCCC12C(C)CC2C(=O)O. The molecular weight excluding hydrogens is 200 g/mol. The van der Waals surface area contributed by atoms with E-state index in [-0.39, 0.29) is 11.3 Å². The summed E-state index contributed by atoms with van der Waals surface area (Å²) in [4.78, 5) is 11.3. The average Bonchev–Trinajstić information content (AvgIpc) is 2.71. The first-order valence-electron chi connectivity index (χ1n) is 6.76. The Morgan fingerprint density at radius 3 is 2.75 bits per heavy atom. The fraction of sp³-hybridized carbons (Fsp3) is 0.929. The van der Waals surface area contributed by atoms with Crippen molar-refractivity contribution in [2.75, 3.05) is 0 Å². The molecule has 2 nitrogen and oxygen atoms in total. The molecule has 0 heterocycles. The monoisotopic (exact) mass is 224 g/mol. The largest absolute Gasteiger partial charge is 0.481 e. The molecule has 0 bridgehead atoms. The molecule has 0 aromatic heterocycles. The van der Waals surface area contributed by atoms with E-state index in [4.69, 9.17) is 0 Å². The molecular formula is C14H24O2. The number of aliphatic carboxylic acids is 1. The summed E-state index contributed by atoms with van der Waals surface area (Å²) >= 11 is 0. The average molecular weight is 224 g/mol. The van der Waals surface area contributed by atoms with Crippen molar-refractivity contribution in [3.63, 3.8) is 0 Å². The number of rotatable bonds is 3. The van der Waals surface area contributed by atoms with Crippen LogP contribution in [0.1, 0.15) is 52.9 Å². The highest BCUT2D eigenvalue weighted by Crippen LogP contribution is 2.65. The van der Waals surface area contributed by atoms with Crippen molar-refractivity contribution in [2.24, 2.45) is 29.1 Å². The first-order valence-corrected chi connectivity index (χ1v) is 6.76. The van der Waals surface area contributed by atoms with Gasteiger partial charge in [0.1, 0.15) is 0 Å². The van der Waals surface area contributed by atoms with E-state index < -0.39 is 5.97 Å². The van der Waals surface area contributed by atoms with Crippen molar-refractivity contribution in [3.8, 4) is 0 Å². The lowest BCUT2D eigenvalue weighted by Crippen LogP contribution is -2.54. The van der Waals surface area contributed by atoms with Gasteiger partial charge in [0, 0.05) is 0 Å². The predicted octanol–water partition coefficient (Wildman–Crippen LogP) is 3.56. The Morgan fingerprint density at radius 1 is 1.56 bits per heavy atom. The summed E-state index contributed by atoms with van der Waals surface area (Å²) in [5.74, 6) is 1.36. The van der Waals surface area contributed by atoms with Crippen LogP contribution in [0.2, 0.25) is 0 Å². The number of hydrogen-bond donors (Lipinski definition) is 1. The Balaban J connectivity index is 2.24. The van der Waals surface area contributed by atoms with Gasteiger partial charge in [-0.3, -0.25) is 4.79 Å². The van der Waals surface area contributed by atoms with E-state index in [2.05, 4.69) is 20.8 Å². The third-order valence-corrected chi connectivity index (χ3v) is 5.60. The summed E-state index contributed by atoms with van der Waals surface area (Å²) < 4.78 is 0. The maximum atomic E-state index is 11.3. The molecule has 0 radical (unpaired) electrons. The molecule has 1 spiro atoms. The minimum Gasteiger partial charge on any atom is -0.481 e. The van der Waals surface area contributed by atoms with Gasteiger partial charge in [-0.25, -0.2) is 0 Å². The van der Waals surface area contributed by atoms with Crippen molar-refractivity contribution in [3.05, 3.63) is 0 Å². The maximum absolute atomic E-state index is 11.3. The molecule has 0 aromatic carbocycles. The summed E-state index contributed by atoms with van der Waals surface area (Å²) in [5, 5.41) is 9.35. The van der Waals surface area contributed by atoms with Crippen LogP contribution >= 0.6 is 0 Å². The van der Waals surface area contributed by atoms with Crippen LogP contribution in [-0.2, 0) is 4.79 Å². The fourth-order valence-corrected chi connectivity index (χ4v) is 4.53. The Bertz CT molecular complexity index is 286. The second-order valence-corrected chi connectivity index (χ2v) is 6.02. The van der Waals surface area contributed by atoms with Gasteiger partial charge in [-0.1, -0.05) is 33.6 Å². The summed E-state index contributed by atoms with van der Waals surface area (Å²) in [5.41, 5.74) is 0.154. The number of carbonyl (C=O) groups is 1. The molecule has 2 fully saturated rings. The molecule has 5 atom stereocenters. The minimum atomic E-state index is -0.548. The van der Waals surface area contributed by atoms with Crippen LogP contribution in [0.4, 0.5) is 0 Å². The van der Waals surface area contributed by atoms with Gasteiger partial charge >= 0.3 is 5.97 Å². The zero-order chi connectivity index (χ0) is 11.9. The Labute approximate surface area is 98.4 Å². The van der Waals surface area contributed by atoms with E-state index in [1.807, 2.05) is 0 Å². The van der Waals surface area contributed by atoms with Crippen LogP contribution in [-0.4, -0.2) is 11.1 Å². The first kappa shape index (κ1) is 11.9. The van der Waals surface area contributed by atoms with Crippen LogP contribution in [0.3, 0.4) is 0 Å². The Kier molecular flexibility index (Phi) is 3.02. The third kappa shape index (κ3) is 1.42. The molecule has 0 saturated heterocycles. The molecule has 1 N–H and O–H groups in total. The second-order valence-electron chi connectivity index (χ2n) is 6.02. The summed E-state index contributed by atoms with van der Waals surface area (Å²) in [6.07, 6.45) is 5.74. The van der Waals surface area contributed by atoms with Crippen LogP contribution in [0.5, 0.6) is 0 Å². The van der Waals surface area contributed by atoms with Crippen LogP contribution in [0.15, 0.2) is 0 Å². The smallest absolute Gasteiger partial charge is 0.307 e. The highest BCUT2D eigenvalue weighted by molar-refractivity contribution is 5.72. The molecule has 2 saturated carbocycles. The predicted molar refractivity (Wildman–Crippen MR) is 64.1 cm³/mol. The van der Waals surface area contributed by atoms with Gasteiger partial charge in [0.15, 0.2) is 0 Å².